The molecule has 2 aromatic carbocycles. The summed E-state index contributed by atoms with van der Waals surface area (Å²) >= 11 is 0. The van der Waals surface area contributed by atoms with E-state index in [0.717, 1.165) is 12.1 Å². The molecular formula is C20H13F3N4O. The molecule has 0 saturated carbocycles. The SMILES string of the molecule is N#Cc1cccc(Nc2ccc(C(=O)Nc3cccc(C(F)(F)F)c3)nc2)c1. The molecule has 1 aromatic heterocycles. The Hall–Kier alpha value is -3.86. The van der Waals surface area contributed by atoms with Crippen molar-refractivity contribution in [3.05, 3.63) is 83.7 Å². The lowest BCUT2D eigenvalue weighted by atomic mass is 10.2. The first-order valence-electron chi connectivity index (χ1n) is 8.07. The van der Waals surface area contributed by atoms with Crippen LogP contribution in [0.25, 0.3) is 0 Å². The van der Waals surface area contributed by atoms with Gasteiger partial charge in [0, 0.05) is 11.4 Å². The Labute approximate surface area is 158 Å². The number of halogens is 3. The molecule has 0 aliphatic rings. The van der Waals surface area contributed by atoms with Crippen LogP contribution in [0.2, 0.25) is 0 Å². The van der Waals surface area contributed by atoms with Crippen LogP contribution in [0.3, 0.4) is 0 Å². The van der Waals surface area contributed by atoms with E-state index in [0.29, 0.717) is 16.9 Å². The number of anilines is 3. The van der Waals surface area contributed by atoms with Crippen molar-refractivity contribution in [3.8, 4) is 6.07 Å². The highest BCUT2D eigenvalue weighted by Crippen LogP contribution is 2.30. The van der Waals surface area contributed by atoms with E-state index in [1.165, 1.54) is 24.4 Å². The van der Waals surface area contributed by atoms with Crippen LogP contribution in [0.15, 0.2) is 66.9 Å². The lowest BCUT2D eigenvalue weighted by Gasteiger charge is -2.10. The van der Waals surface area contributed by atoms with Gasteiger partial charge in [-0.3, -0.25) is 4.79 Å². The molecule has 0 radical (unpaired) electrons. The van der Waals surface area contributed by atoms with Gasteiger partial charge >= 0.3 is 6.18 Å². The van der Waals surface area contributed by atoms with Crippen molar-refractivity contribution in [2.75, 3.05) is 10.6 Å². The molecule has 0 fully saturated rings. The molecule has 140 valence electrons. The average molecular weight is 382 g/mol. The maximum Gasteiger partial charge on any atom is 0.416 e. The molecule has 0 spiro atoms. The summed E-state index contributed by atoms with van der Waals surface area (Å²) in [6, 6.07) is 16.3. The van der Waals surface area contributed by atoms with Crippen LogP contribution >= 0.6 is 0 Å². The molecule has 0 saturated heterocycles. The summed E-state index contributed by atoms with van der Waals surface area (Å²) in [5, 5.41) is 14.4. The van der Waals surface area contributed by atoms with E-state index in [4.69, 9.17) is 5.26 Å². The summed E-state index contributed by atoms with van der Waals surface area (Å²) in [4.78, 5) is 16.2. The maximum absolute atomic E-state index is 12.7. The molecule has 0 aliphatic carbocycles. The van der Waals surface area contributed by atoms with Gasteiger partial charge < -0.3 is 10.6 Å². The molecule has 0 atom stereocenters. The van der Waals surface area contributed by atoms with E-state index >= 15 is 0 Å². The fourth-order valence-corrected chi connectivity index (χ4v) is 2.40. The molecule has 1 heterocycles. The summed E-state index contributed by atoms with van der Waals surface area (Å²) in [6.45, 7) is 0. The van der Waals surface area contributed by atoms with E-state index in [2.05, 4.69) is 15.6 Å². The van der Waals surface area contributed by atoms with Crippen molar-refractivity contribution in [2.45, 2.75) is 6.18 Å². The van der Waals surface area contributed by atoms with Crippen molar-refractivity contribution in [1.82, 2.24) is 4.98 Å². The molecule has 8 heteroatoms. The quantitative estimate of drug-likeness (QED) is 0.668. The van der Waals surface area contributed by atoms with Gasteiger partial charge in [0.05, 0.1) is 29.1 Å². The van der Waals surface area contributed by atoms with Gasteiger partial charge in [-0.1, -0.05) is 12.1 Å². The van der Waals surface area contributed by atoms with Gasteiger partial charge in [0.1, 0.15) is 5.69 Å². The van der Waals surface area contributed by atoms with Gasteiger partial charge in [0.15, 0.2) is 0 Å². The number of aromatic nitrogens is 1. The molecule has 3 aromatic rings. The van der Waals surface area contributed by atoms with Crippen molar-refractivity contribution in [3.63, 3.8) is 0 Å². The molecule has 0 aliphatic heterocycles. The Bertz CT molecular complexity index is 1040. The number of carbonyl (C=O) groups excluding carboxylic acids is 1. The van der Waals surface area contributed by atoms with Crippen molar-refractivity contribution in [2.24, 2.45) is 0 Å². The summed E-state index contributed by atoms with van der Waals surface area (Å²) in [6.07, 6.45) is -3.07. The minimum atomic E-state index is -4.49. The molecule has 2 N–H and O–H groups in total. The number of hydrogen-bond donors (Lipinski definition) is 2. The van der Waals surface area contributed by atoms with Crippen molar-refractivity contribution in [1.29, 1.82) is 5.26 Å². The minimum absolute atomic E-state index is 0.0251. The predicted molar refractivity (Wildman–Crippen MR) is 98.1 cm³/mol. The van der Waals surface area contributed by atoms with Gasteiger partial charge in [-0.25, -0.2) is 4.98 Å². The van der Waals surface area contributed by atoms with E-state index in [9.17, 15) is 18.0 Å². The van der Waals surface area contributed by atoms with E-state index < -0.39 is 17.6 Å². The Morgan fingerprint density at radius 3 is 2.39 bits per heavy atom. The number of hydrogen-bond acceptors (Lipinski definition) is 4. The summed E-state index contributed by atoms with van der Waals surface area (Å²) in [5.41, 5.74) is 0.992. The zero-order valence-electron chi connectivity index (χ0n) is 14.3. The smallest absolute Gasteiger partial charge is 0.354 e. The van der Waals surface area contributed by atoms with Crippen LogP contribution in [0.5, 0.6) is 0 Å². The Balaban J connectivity index is 1.69. The fourth-order valence-electron chi connectivity index (χ4n) is 2.40. The second kappa shape index (κ2) is 7.80. The van der Waals surface area contributed by atoms with Crippen LogP contribution < -0.4 is 10.6 Å². The minimum Gasteiger partial charge on any atom is -0.354 e. The predicted octanol–water partition coefficient (Wildman–Crippen LogP) is 4.97. The van der Waals surface area contributed by atoms with Gasteiger partial charge in [0.2, 0.25) is 0 Å². The van der Waals surface area contributed by atoms with Crippen LogP contribution in [0.1, 0.15) is 21.6 Å². The van der Waals surface area contributed by atoms with Gasteiger partial charge in [-0.15, -0.1) is 0 Å². The van der Waals surface area contributed by atoms with E-state index in [1.54, 1.807) is 30.3 Å². The molecule has 0 unspecified atom stereocenters. The number of pyridine rings is 1. The number of rotatable bonds is 4. The number of nitrogens with one attached hydrogen (secondary N) is 2. The maximum atomic E-state index is 12.7. The normalized spacial score (nSPS) is 10.8. The van der Waals surface area contributed by atoms with Crippen LogP contribution in [0, 0.1) is 11.3 Å². The molecule has 5 nitrogen and oxygen atoms in total. The molecule has 1 amide bonds. The highest BCUT2D eigenvalue weighted by molar-refractivity contribution is 6.03. The monoisotopic (exact) mass is 382 g/mol. The second-order valence-corrected chi connectivity index (χ2v) is 5.78. The van der Waals surface area contributed by atoms with Crippen LogP contribution in [-0.4, -0.2) is 10.9 Å². The van der Waals surface area contributed by atoms with Gasteiger partial charge in [-0.05, 0) is 48.5 Å². The third-order valence-electron chi connectivity index (χ3n) is 3.72. The lowest BCUT2D eigenvalue weighted by Crippen LogP contribution is -2.14. The molecule has 28 heavy (non-hydrogen) atoms. The zero-order valence-corrected chi connectivity index (χ0v) is 14.3. The number of carbonyl (C=O) groups is 1. The first-order chi connectivity index (χ1) is 13.3. The Morgan fingerprint density at radius 1 is 0.964 bits per heavy atom. The number of amides is 1. The first kappa shape index (κ1) is 18.9. The summed E-state index contributed by atoms with van der Waals surface area (Å²) in [7, 11) is 0. The zero-order chi connectivity index (χ0) is 20.1. The van der Waals surface area contributed by atoms with Gasteiger partial charge in [-0.2, -0.15) is 18.4 Å². The number of benzene rings is 2. The Morgan fingerprint density at radius 2 is 1.71 bits per heavy atom. The van der Waals surface area contributed by atoms with Crippen LogP contribution in [0.4, 0.5) is 30.2 Å². The van der Waals surface area contributed by atoms with Crippen molar-refractivity contribution >= 4 is 23.0 Å². The highest BCUT2D eigenvalue weighted by atomic mass is 19.4. The topological polar surface area (TPSA) is 77.8 Å². The standard InChI is InChI=1S/C20H13F3N4O/c21-20(22,23)14-4-2-6-16(10-14)27-19(28)18-8-7-17(12-25-18)26-15-5-1-3-13(9-15)11-24/h1-10,12,26H,(H,27,28). The fraction of sp³-hybridized carbons (Fsp3) is 0.0500. The van der Waals surface area contributed by atoms with Crippen LogP contribution in [-0.2, 0) is 6.18 Å². The molecular weight excluding hydrogens is 369 g/mol. The van der Waals surface area contributed by atoms with Gasteiger partial charge in [0.25, 0.3) is 5.91 Å². The summed E-state index contributed by atoms with van der Waals surface area (Å²) < 4.78 is 38.2. The molecule has 3 rings (SSSR count). The molecule has 0 bridgehead atoms. The van der Waals surface area contributed by atoms with Crippen molar-refractivity contribution < 1.29 is 18.0 Å². The third kappa shape index (κ3) is 4.65. The largest absolute Gasteiger partial charge is 0.416 e. The third-order valence-corrected chi connectivity index (χ3v) is 3.72. The highest BCUT2D eigenvalue weighted by Gasteiger charge is 2.30. The Kier molecular flexibility index (Phi) is 5.27. The average Bonchev–Trinajstić information content (AvgIpc) is 2.68. The number of alkyl halides is 3. The first-order valence-corrected chi connectivity index (χ1v) is 8.07. The number of nitrogens with zero attached hydrogens (tertiary/aromatic N) is 2. The summed E-state index contributed by atoms with van der Waals surface area (Å²) in [5.74, 6) is -0.627. The second-order valence-electron chi connectivity index (χ2n) is 5.78. The van der Waals surface area contributed by atoms with E-state index in [1.807, 2.05) is 6.07 Å². The van der Waals surface area contributed by atoms with E-state index in [-0.39, 0.29) is 11.4 Å². The lowest BCUT2D eigenvalue weighted by molar-refractivity contribution is -0.137. The number of nitriles is 1.